The maximum atomic E-state index is 15.0. The highest BCUT2D eigenvalue weighted by Crippen LogP contribution is 2.29. The van der Waals surface area contributed by atoms with Crippen LogP contribution >= 0.6 is 0 Å². The van der Waals surface area contributed by atoms with Gasteiger partial charge in [-0.05, 0) is 5.56 Å². The zero-order chi connectivity index (χ0) is 20.7. The molecule has 0 radical (unpaired) electrons. The fourth-order valence-corrected chi connectivity index (χ4v) is 2.77. The molecular formula is C19H23FO8. The van der Waals surface area contributed by atoms with Gasteiger partial charge in [-0.15, -0.1) is 0 Å². The molecule has 28 heavy (non-hydrogen) atoms. The molecule has 8 nitrogen and oxygen atoms in total. The van der Waals surface area contributed by atoms with Gasteiger partial charge in [-0.25, -0.2) is 4.39 Å². The van der Waals surface area contributed by atoms with Crippen molar-refractivity contribution in [1.29, 1.82) is 0 Å². The molecule has 9 heteroatoms. The van der Waals surface area contributed by atoms with Crippen LogP contribution in [0.4, 0.5) is 4.39 Å². The lowest BCUT2D eigenvalue weighted by Gasteiger charge is -2.41. The van der Waals surface area contributed by atoms with E-state index in [-0.39, 0.29) is 13.2 Å². The van der Waals surface area contributed by atoms with Crippen molar-refractivity contribution >= 4 is 17.9 Å². The zero-order valence-corrected chi connectivity index (χ0v) is 15.8. The van der Waals surface area contributed by atoms with E-state index in [1.54, 1.807) is 0 Å². The van der Waals surface area contributed by atoms with Gasteiger partial charge in [0.15, 0.2) is 12.3 Å². The van der Waals surface area contributed by atoms with E-state index >= 15 is 0 Å². The van der Waals surface area contributed by atoms with Crippen LogP contribution in [0.3, 0.4) is 0 Å². The van der Waals surface area contributed by atoms with Crippen LogP contribution in [0.1, 0.15) is 26.3 Å². The Morgan fingerprint density at radius 2 is 1.50 bits per heavy atom. The van der Waals surface area contributed by atoms with E-state index in [4.69, 9.17) is 23.7 Å². The fraction of sp³-hybridized carbons (Fsp3) is 0.526. The molecule has 0 N–H and O–H groups in total. The summed E-state index contributed by atoms with van der Waals surface area (Å²) >= 11 is 0. The van der Waals surface area contributed by atoms with Crippen LogP contribution in [0.2, 0.25) is 0 Å². The van der Waals surface area contributed by atoms with Crippen LogP contribution in [-0.4, -0.2) is 55.3 Å². The average Bonchev–Trinajstić information content (AvgIpc) is 2.61. The van der Waals surface area contributed by atoms with E-state index in [0.29, 0.717) is 0 Å². The molecule has 1 aromatic carbocycles. The summed E-state index contributed by atoms with van der Waals surface area (Å²) in [7, 11) is 0. The van der Waals surface area contributed by atoms with Gasteiger partial charge in [0.2, 0.25) is 12.4 Å². The number of carbonyl (C=O) groups is 3. The van der Waals surface area contributed by atoms with E-state index < -0.39 is 48.7 Å². The van der Waals surface area contributed by atoms with Crippen molar-refractivity contribution in [3.63, 3.8) is 0 Å². The average molecular weight is 398 g/mol. The molecular weight excluding hydrogens is 375 g/mol. The Labute approximate surface area is 161 Å². The third kappa shape index (κ3) is 6.28. The summed E-state index contributed by atoms with van der Waals surface area (Å²) in [5.74, 6) is -2.28. The first-order valence-corrected chi connectivity index (χ1v) is 8.70. The van der Waals surface area contributed by atoms with Crippen molar-refractivity contribution in [2.24, 2.45) is 0 Å². The predicted octanol–water partition coefficient (Wildman–Crippen LogP) is 1.69. The summed E-state index contributed by atoms with van der Waals surface area (Å²) in [6, 6.07) is 9.22. The number of halogens is 1. The summed E-state index contributed by atoms with van der Waals surface area (Å²) in [5.41, 5.74) is 0.875. The number of hydrogen-bond donors (Lipinski definition) is 0. The molecule has 0 unspecified atom stereocenters. The number of rotatable bonds is 7. The number of alkyl halides is 1. The number of esters is 3. The fourth-order valence-electron chi connectivity index (χ4n) is 2.77. The molecule has 2 rings (SSSR count). The zero-order valence-electron chi connectivity index (χ0n) is 15.8. The lowest BCUT2D eigenvalue weighted by atomic mass is 10.00. The summed E-state index contributed by atoms with van der Waals surface area (Å²) in [6.45, 7) is 3.32. The van der Waals surface area contributed by atoms with Crippen LogP contribution in [0.15, 0.2) is 30.3 Å². The van der Waals surface area contributed by atoms with Crippen molar-refractivity contribution in [2.45, 2.75) is 58.2 Å². The van der Waals surface area contributed by atoms with Gasteiger partial charge in [0.05, 0.1) is 13.2 Å². The Morgan fingerprint density at radius 1 is 0.929 bits per heavy atom. The standard InChI is InChI=1S/C19H23FO8/c1-11(21)25-17-16(20)15(10-24-9-14-7-5-4-6-8-14)28-19(27-13(3)23)18(17)26-12(2)22/h4-8,15-19H,9-10H2,1-3H3/t15-,16+,17+,18-,19-/m1/s1. The third-order valence-corrected chi connectivity index (χ3v) is 3.85. The second kappa shape index (κ2) is 10.1. The molecule has 0 aromatic heterocycles. The molecule has 5 atom stereocenters. The predicted molar refractivity (Wildman–Crippen MR) is 92.5 cm³/mol. The first-order valence-electron chi connectivity index (χ1n) is 8.70. The second-order valence-corrected chi connectivity index (χ2v) is 6.25. The molecule has 0 aliphatic carbocycles. The van der Waals surface area contributed by atoms with Crippen LogP contribution in [0.25, 0.3) is 0 Å². The SMILES string of the molecule is CC(=O)O[C@@H]1O[C@H](COCc2ccccc2)[C@H](F)[C@H](OC(C)=O)[C@H]1OC(C)=O. The summed E-state index contributed by atoms with van der Waals surface area (Å²) in [5, 5.41) is 0. The van der Waals surface area contributed by atoms with Gasteiger partial charge in [-0.3, -0.25) is 14.4 Å². The first kappa shape index (κ1) is 21.8. The molecule has 0 saturated carbocycles. The van der Waals surface area contributed by atoms with Crippen molar-refractivity contribution in [2.75, 3.05) is 6.61 Å². The van der Waals surface area contributed by atoms with Crippen LogP contribution in [0, 0.1) is 0 Å². The maximum absolute atomic E-state index is 15.0. The van der Waals surface area contributed by atoms with E-state index in [9.17, 15) is 18.8 Å². The van der Waals surface area contributed by atoms with Crippen LogP contribution < -0.4 is 0 Å². The van der Waals surface area contributed by atoms with Gasteiger partial charge >= 0.3 is 17.9 Å². The van der Waals surface area contributed by atoms with E-state index in [2.05, 4.69) is 0 Å². The Bertz CT molecular complexity index is 680. The maximum Gasteiger partial charge on any atom is 0.305 e. The van der Waals surface area contributed by atoms with Gasteiger partial charge in [0, 0.05) is 20.8 Å². The van der Waals surface area contributed by atoms with Crippen molar-refractivity contribution in [3.05, 3.63) is 35.9 Å². The number of carbonyl (C=O) groups excluding carboxylic acids is 3. The number of hydrogen-bond acceptors (Lipinski definition) is 8. The monoisotopic (exact) mass is 398 g/mol. The molecule has 0 bridgehead atoms. The van der Waals surface area contributed by atoms with Crippen molar-refractivity contribution < 1.29 is 42.5 Å². The molecule has 1 heterocycles. The third-order valence-electron chi connectivity index (χ3n) is 3.85. The topological polar surface area (TPSA) is 97.4 Å². The van der Waals surface area contributed by atoms with E-state index in [1.165, 1.54) is 0 Å². The summed E-state index contributed by atoms with van der Waals surface area (Å²) in [4.78, 5) is 34.2. The normalized spacial score (nSPS) is 26.9. The van der Waals surface area contributed by atoms with Gasteiger partial charge in [0.1, 0.15) is 6.10 Å². The van der Waals surface area contributed by atoms with Crippen molar-refractivity contribution in [3.8, 4) is 0 Å². The van der Waals surface area contributed by atoms with Crippen LogP contribution in [-0.2, 0) is 44.7 Å². The highest BCUT2D eigenvalue weighted by atomic mass is 19.1. The molecule has 1 aliphatic rings. The first-order chi connectivity index (χ1) is 13.3. The summed E-state index contributed by atoms with van der Waals surface area (Å²) in [6.07, 6.45) is -7.46. The van der Waals surface area contributed by atoms with E-state index in [0.717, 1.165) is 26.3 Å². The lowest BCUT2D eigenvalue weighted by Crippen LogP contribution is -2.60. The molecule has 1 aromatic rings. The molecule has 1 saturated heterocycles. The Hall–Kier alpha value is -2.52. The Kier molecular flexibility index (Phi) is 7.89. The molecule has 0 amide bonds. The smallest absolute Gasteiger partial charge is 0.305 e. The number of ether oxygens (including phenoxy) is 5. The Morgan fingerprint density at radius 3 is 2.07 bits per heavy atom. The highest BCUT2D eigenvalue weighted by Gasteiger charge is 2.52. The minimum Gasteiger partial charge on any atom is -0.455 e. The second-order valence-electron chi connectivity index (χ2n) is 6.25. The number of benzene rings is 1. The molecule has 0 spiro atoms. The van der Waals surface area contributed by atoms with E-state index in [1.807, 2.05) is 30.3 Å². The minimum atomic E-state index is -1.86. The molecule has 1 fully saturated rings. The van der Waals surface area contributed by atoms with Gasteiger partial charge < -0.3 is 23.7 Å². The van der Waals surface area contributed by atoms with Crippen molar-refractivity contribution in [1.82, 2.24) is 0 Å². The quantitative estimate of drug-likeness (QED) is 0.506. The minimum absolute atomic E-state index is 0.196. The summed E-state index contributed by atoms with van der Waals surface area (Å²) < 4.78 is 41.0. The molecule has 1 aliphatic heterocycles. The lowest BCUT2D eigenvalue weighted by molar-refractivity contribution is -0.290. The molecule has 154 valence electrons. The largest absolute Gasteiger partial charge is 0.455 e. The Balaban J connectivity index is 2.13. The highest BCUT2D eigenvalue weighted by molar-refractivity contribution is 5.68. The van der Waals surface area contributed by atoms with Gasteiger partial charge in [-0.2, -0.15) is 0 Å². The van der Waals surface area contributed by atoms with Crippen LogP contribution in [0.5, 0.6) is 0 Å². The van der Waals surface area contributed by atoms with Gasteiger partial charge in [-0.1, -0.05) is 30.3 Å². The van der Waals surface area contributed by atoms with Gasteiger partial charge in [0.25, 0.3) is 0 Å².